The van der Waals surface area contributed by atoms with Gasteiger partial charge < -0.3 is 5.32 Å². The van der Waals surface area contributed by atoms with Gasteiger partial charge in [-0.3, -0.25) is 4.21 Å². The Labute approximate surface area is 107 Å². The molecule has 0 spiro atoms. The Morgan fingerprint density at radius 3 is 2.35 bits per heavy atom. The lowest BCUT2D eigenvalue weighted by Gasteiger charge is -2.21. The van der Waals surface area contributed by atoms with Gasteiger partial charge in [-0.25, -0.2) is 0 Å². The average Bonchev–Trinajstić information content (AvgIpc) is 2.35. The Balaban J connectivity index is 2.67. The molecule has 0 bridgehead atoms. The van der Waals surface area contributed by atoms with Crippen molar-refractivity contribution in [3.8, 4) is 0 Å². The average molecular weight is 253 g/mol. The summed E-state index contributed by atoms with van der Waals surface area (Å²) in [6.07, 6.45) is 1.11. The van der Waals surface area contributed by atoms with Crippen LogP contribution in [0.15, 0.2) is 29.2 Å². The van der Waals surface area contributed by atoms with Crippen LogP contribution in [0, 0.1) is 12.8 Å². The Bertz CT molecular complexity index is 361. The lowest BCUT2D eigenvalue weighted by molar-refractivity contribution is 0.418. The van der Waals surface area contributed by atoms with E-state index >= 15 is 0 Å². The molecule has 0 amide bonds. The molecule has 96 valence electrons. The molecule has 1 N–H and O–H groups in total. The van der Waals surface area contributed by atoms with Gasteiger partial charge in [-0.05, 0) is 32.0 Å². The molecule has 0 aliphatic heterocycles. The fraction of sp³-hybridized carbons (Fsp3) is 0.571. The second-order valence-corrected chi connectivity index (χ2v) is 6.10. The molecule has 0 saturated heterocycles. The Morgan fingerprint density at radius 2 is 1.88 bits per heavy atom. The minimum Gasteiger partial charge on any atom is -0.316 e. The monoisotopic (exact) mass is 253 g/mol. The third-order valence-electron chi connectivity index (χ3n) is 3.32. The van der Waals surface area contributed by atoms with E-state index in [2.05, 4.69) is 19.2 Å². The van der Waals surface area contributed by atoms with Crippen molar-refractivity contribution in [3.63, 3.8) is 0 Å². The molecule has 0 aromatic heterocycles. The first-order valence-corrected chi connectivity index (χ1v) is 7.52. The maximum atomic E-state index is 12.2. The maximum absolute atomic E-state index is 12.2. The van der Waals surface area contributed by atoms with Crippen molar-refractivity contribution in [2.75, 3.05) is 12.8 Å². The van der Waals surface area contributed by atoms with Crippen molar-refractivity contribution in [3.05, 3.63) is 29.8 Å². The highest BCUT2D eigenvalue weighted by Crippen LogP contribution is 2.14. The van der Waals surface area contributed by atoms with Gasteiger partial charge in [-0.15, -0.1) is 0 Å². The summed E-state index contributed by atoms with van der Waals surface area (Å²) >= 11 is 0. The Hall–Kier alpha value is -0.670. The molecule has 0 heterocycles. The molecule has 0 aliphatic rings. The zero-order valence-electron chi connectivity index (χ0n) is 11.2. The molecule has 17 heavy (non-hydrogen) atoms. The van der Waals surface area contributed by atoms with E-state index in [1.165, 1.54) is 5.56 Å². The first-order valence-electron chi connectivity index (χ1n) is 6.20. The standard InChI is InChI=1S/C14H23NOS/c1-5-12(3)14(15-4)10-17(16)13-8-6-11(2)7-9-13/h6-9,12,14-15H,5,10H2,1-4H3. The van der Waals surface area contributed by atoms with E-state index in [0.717, 1.165) is 11.3 Å². The maximum Gasteiger partial charge on any atom is 0.0545 e. The van der Waals surface area contributed by atoms with E-state index in [1.807, 2.05) is 38.2 Å². The van der Waals surface area contributed by atoms with Gasteiger partial charge >= 0.3 is 0 Å². The largest absolute Gasteiger partial charge is 0.316 e. The van der Waals surface area contributed by atoms with Crippen LogP contribution in [0.25, 0.3) is 0 Å². The summed E-state index contributed by atoms with van der Waals surface area (Å²) in [6, 6.07) is 8.29. The minimum atomic E-state index is -0.906. The van der Waals surface area contributed by atoms with Crippen molar-refractivity contribution in [1.29, 1.82) is 0 Å². The molecule has 0 aliphatic carbocycles. The predicted octanol–water partition coefficient (Wildman–Crippen LogP) is 2.74. The highest BCUT2D eigenvalue weighted by molar-refractivity contribution is 7.85. The van der Waals surface area contributed by atoms with Crippen LogP contribution in [0.3, 0.4) is 0 Å². The summed E-state index contributed by atoms with van der Waals surface area (Å²) in [5, 5.41) is 3.27. The lowest BCUT2D eigenvalue weighted by Crippen LogP contribution is -2.36. The highest BCUT2D eigenvalue weighted by Gasteiger charge is 2.17. The van der Waals surface area contributed by atoms with Crippen molar-refractivity contribution in [2.45, 2.75) is 38.1 Å². The Morgan fingerprint density at radius 1 is 1.29 bits per heavy atom. The summed E-state index contributed by atoms with van der Waals surface area (Å²) in [4.78, 5) is 0.930. The molecule has 0 fully saturated rings. The molecule has 3 heteroatoms. The van der Waals surface area contributed by atoms with Gasteiger partial charge in [0, 0.05) is 16.7 Å². The van der Waals surface area contributed by atoms with Gasteiger partial charge in [0.05, 0.1) is 10.8 Å². The first-order chi connectivity index (χ1) is 8.08. The van der Waals surface area contributed by atoms with E-state index in [9.17, 15) is 4.21 Å². The molecule has 0 radical (unpaired) electrons. The van der Waals surface area contributed by atoms with E-state index < -0.39 is 10.8 Å². The van der Waals surface area contributed by atoms with Crippen LogP contribution in [0.4, 0.5) is 0 Å². The highest BCUT2D eigenvalue weighted by atomic mass is 32.2. The van der Waals surface area contributed by atoms with Crippen LogP contribution < -0.4 is 5.32 Å². The second kappa shape index (κ2) is 6.92. The summed E-state index contributed by atoms with van der Waals surface area (Å²) < 4.78 is 12.2. The zero-order valence-corrected chi connectivity index (χ0v) is 12.0. The van der Waals surface area contributed by atoms with Crippen molar-refractivity contribution < 1.29 is 4.21 Å². The van der Waals surface area contributed by atoms with Crippen LogP contribution in [0.2, 0.25) is 0 Å². The Kier molecular flexibility index (Phi) is 5.86. The van der Waals surface area contributed by atoms with Crippen LogP contribution in [0.1, 0.15) is 25.8 Å². The molecular formula is C14H23NOS. The molecule has 3 unspecified atom stereocenters. The van der Waals surface area contributed by atoms with Gasteiger partial charge in [0.1, 0.15) is 0 Å². The second-order valence-electron chi connectivity index (χ2n) is 4.61. The van der Waals surface area contributed by atoms with Crippen LogP contribution >= 0.6 is 0 Å². The fourth-order valence-corrected chi connectivity index (χ4v) is 3.22. The van der Waals surface area contributed by atoms with Crippen LogP contribution in [-0.4, -0.2) is 23.1 Å². The topological polar surface area (TPSA) is 29.1 Å². The van der Waals surface area contributed by atoms with Gasteiger partial charge in [0.15, 0.2) is 0 Å². The van der Waals surface area contributed by atoms with Gasteiger partial charge in [0.2, 0.25) is 0 Å². The van der Waals surface area contributed by atoms with E-state index in [-0.39, 0.29) is 0 Å². The summed E-state index contributed by atoms with van der Waals surface area (Å²) in [6.45, 7) is 6.42. The zero-order chi connectivity index (χ0) is 12.8. The number of hydrogen-bond acceptors (Lipinski definition) is 2. The SMILES string of the molecule is CCC(C)C(CS(=O)c1ccc(C)cc1)NC. The van der Waals surface area contributed by atoms with Gasteiger partial charge in [-0.2, -0.15) is 0 Å². The first kappa shape index (κ1) is 14.4. The third-order valence-corrected chi connectivity index (χ3v) is 4.78. The van der Waals surface area contributed by atoms with Gasteiger partial charge in [0.25, 0.3) is 0 Å². The minimum absolute atomic E-state index is 0.321. The molecule has 1 rings (SSSR count). The summed E-state index contributed by atoms with van der Waals surface area (Å²) in [5.41, 5.74) is 1.21. The van der Waals surface area contributed by atoms with Crippen molar-refractivity contribution in [2.24, 2.45) is 5.92 Å². The molecule has 1 aromatic rings. The third kappa shape index (κ3) is 4.25. The number of hydrogen-bond donors (Lipinski definition) is 1. The number of rotatable bonds is 6. The molecule has 2 nitrogen and oxygen atoms in total. The van der Waals surface area contributed by atoms with Gasteiger partial charge in [-0.1, -0.05) is 38.0 Å². The summed E-state index contributed by atoms with van der Waals surface area (Å²) in [5.74, 6) is 1.24. The predicted molar refractivity (Wildman–Crippen MR) is 74.8 cm³/mol. The summed E-state index contributed by atoms with van der Waals surface area (Å²) in [7, 11) is 1.04. The van der Waals surface area contributed by atoms with Crippen molar-refractivity contribution >= 4 is 10.8 Å². The van der Waals surface area contributed by atoms with E-state index in [0.29, 0.717) is 17.7 Å². The van der Waals surface area contributed by atoms with E-state index in [4.69, 9.17) is 0 Å². The van der Waals surface area contributed by atoms with Crippen molar-refractivity contribution in [1.82, 2.24) is 5.32 Å². The molecule has 0 saturated carbocycles. The number of aryl methyl sites for hydroxylation is 1. The lowest BCUT2D eigenvalue weighted by atomic mass is 10.0. The fourth-order valence-electron chi connectivity index (χ4n) is 1.77. The molecule has 1 aromatic carbocycles. The van der Waals surface area contributed by atoms with Crippen LogP contribution in [0.5, 0.6) is 0 Å². The number of benzene rings is 1. The molecular weight excluding hydrogens is 230 g/mol. The van der Waals surface area contributed by atoms with E-state index in [1.54, 1.807) is 0 Å². The normalized spacial score (nSPS) is 16.5. The molecule has 3 atom stereocenters. The van der Waals surface area contributed by atoms with Crippen LogP contribution in [-0.2, 0) is 10.8 Å². The quantitative estimate of drug-likeness (QED) is 0.844. The smallest absolute Gasteiger partial charge is 0.0545 e. The number of nitrogens with one attached hydrogen (secondary N) is 1.